The third kappa shape index (κ3) is 5.32. The van der Waals surface area contributed by atoms with Crippen molar-refractivity contribution in [2.75, 3.05) is 33.9 Å². The summed E-state index contributed by atoms with van der Waals surface area (Å²) in [5.74, 6) is -0.257. The summed E-state index contributed by atoms with van der Waals surface area (Å²) >= 11 is 0. The van der Waals surface area contributed by atoms with Crippen LogP contribution in [-0.2, 0) is 11.8 Å². The Morgan fingerprint density at radius 2 is 1.84 bits per heavy atom. The van der Waals surface area contributed by atoms with E-state index in [-0.39, 0.29) is 19.0 Å². The second-order valence-electron chi connectivity index (χ2n) is 7.50. The van der Waals surface area contributed by atoms with Crippen LogP contribution in [0.3, 0.4) is 0 Å². The SMILES string of the molecule is COc1ccc(OC)c(-c2cc(C(=O)N3CCC(C(=O)NCC(F)(F)F)CC3)n(C)n2)c1. The Morgan fingerprint density at radius 3 is 2.44 bits per heavy atom. The van der Waals surface area contributed by atoms with E-state index in [1.54, 1.807) is 43.3 Å². The normalized spacial score (nSPS) is 14.9. The average molecular weight is 454 g/mol. The minimum atomic E-state index is -4.45. The molecule has 0 atom stereocenters. The Kier molecular flexibility index (Phi) is 6.95. The largest absolute Gasteiger partial charge is 0.497 e. The molecule has 2 heterocycles. The number of aromatic nitrogens is 2. The van der Waals surface area contributed by atoms with Crippen LogP contribution >= 0.6 is 0 Å². The van der Waals surface area contributed by atoms with Gasteiger partial charge in [-0.25, -0.2) is 0 Å². The van der Waals surface area contributed by atoms with Crippen molar-refractivity contribution >= 4 is 11.8 Å². The molecule has 0 saturated carbocycles. The Morgan fingerprint density at radius 1 is 1.16 bits per heavy atom. The molecule has 0 spiro atoms. The van der Waals surface area contributed by atoms with Gasteiger partial charge in [0.15, 0.2) is 0 Å². The molecule has 8 nitrogen and oxygen atoms in total. The van der Waals surface area contributed by atoms with Gasteiger partial charge in [0.1, 0.15) is 23.7 Å². The summed E-state index contributed by atoms with van der Waals surface area (Å²) in [6, 6.07) is 6.92. The first-order valence-corrected chi connectivity index (χ1v) is 10.0. The molecule has 11 heteroatoms. The van der Waals surface area contributed by atoms with Gasteiger partial charge in [-0.1, -0.05) is 0 Å². The molecule has 3 rings (SSSR count). The molecule has 2 amide bonds. The van der Waals surface area contributed by atoms with Crippen molar-refractivity contribution in [1.82, 2.24) is 20.0 Å². The van der Waals surface area contributed by atoms with Crippen molar-refractivity contribution in [3.05, 3.63) is 30.0 Å². The molecule has 0 unspecified atom stereocenters. The molecule has 174 valence electrons. The Bertz CT molecular complexity index is 982. The number of nitrogens with zero attached hydrogens (tertiary/aromatic N) is 3. The lowest BCUT2D eigenvalue weighted by Crippen LogP contribution is -2.45. The number of nitrogens with one attached hydrogen (secondary N) is 1. The van der Waals surface area contributed by atoms with Crippen LogP contribution in [0.25, 0.3) is 11.3 Å². The molecule has 1 saturated heterocycles. The van der Waals surface area contributed by atoms with Gasteiger partial charge in [0.25, 0.3) is 5.91 Å². The van der Waals surface area contributed by atoms with Gasteiger partial charge >= 0.3 is 6.18 Å². The number of ether oxygens (including phenoxy) is 2. The fraction of sp³-hybridized carbons (Fsp3) is 0.476. The summed E-state index contributed by atoms with van der Waals surface area (Å²) in [7, 11) is 4.74. The average Bonchev–Trinajstić information content (AvgIpc) is 3.17. The number of likely N-dealkylation sites (tertiary alicyclic amines) is 1. The summed E-state index contributed by atoms with van der Waals surface area (Å²) in [6.07, 6.45) is -3.86. The van der Waals surface area contributed by atoms with Gasteiger partial charge in [0.2, 0.25) is 5.91 Å². The van der Waals surface area contributed by atoms with Gasteiger partial charge in [0.05, 0.1) is 19.9 Å². The number of halogens is 3. The Balaban J connectivity index is 1.69. The quantitative estimate of drug-likeness (QED) is 0.726. The monoisotopic (exact) mass is 454 g/mol. The zero-order valence-corrected chi connectivity index (χ0v) is 18.0. The van der Waals surface area contributed by atoms with Gasteiger partial charge < -0.3 is 19.7 Å². The topological polar surface area (TPSA) is 85.7 Å². The molecule has 1 aromatic carbocycles. The molecule has 2 aromatic rings. The van der Waals surface area contributed by atoms with Gasteiger partial charge in [-0.15, -0.1) is 0 Å². The first-order valence-electron chi connectivity index (χ1n) is 10.0. The number of aryl methyl sites for hydroxylation is 1. The fourth-order valence-electron chi connectivity index (χ4n) is 3.65. The van der Waals surface area contributed by atoms with Crippen LogP contribution in [0.15, 0.2) is 24.3 Å². The number of hydrogen-bond donors (Lipinski definition) is 1. The van der Waals surface area contributed by atoms with Crippen molar-refractivity contribution in [3.8, 4) is 22.8 Å². The van der Waals surface area contributed by atoms with Crippen molar-refractivity contribution in [2.24, 2.45) is 13.0 Å². The Labute approximate surface area is 183 Å². The van der Waals surface area contributed by atoms with E-state index < -0.39 is 24.5 Å². The second kappa shape index (κ2) is 9.49. The minimum Gasteiger partial charge on any atom is -0.497 e. The molecule has 0 aliphatic carbocycles. The number of alkyl halides is 3. The molecule has 1 aliphatic heterocycles. The predicted octanol–water partition coefficient (Wildman–Crippen LogP) is 2.64. The highest BCUT2D eigenvalue weighted by atomic mass is 19.4. The molecule has 1 fully saturated rings. The van der Waals surface area contributed by atoms with Crippen LogP contribution in [0.5, 0.6) is 11.5 Å². The van der Waals surface area contributed by atoms with E-state index >= 15 is 0 Å². The lowest BCUT2D eigenvalue weighted by Gasteiger charge is -2.31. The number of carbonyl (C=O) groups is 2. The molecule has 1 aromatic heterocycles. The molecule has 0 radical (unpaired) electrons. The smallest absolute Gasteiger partial charge is 0.405 e. The van der Waals surface area contributed by atoms with E-state index in [4.69, 9.17) is 9.47 Å². The van der Waals surface area contributed by atoms with E-state index in [0.29, 0.717) is 41.3 Å². The molecule has 1 aliphatic rings. The maximum absolute atomic E-state index is 13.0. The number of benzene rings is 1. The third-order valence-corrected chi connectivity index (χ3v) is 5.40. The highest BCUT2D eigenvalue weighted by Gasteiger charge is 2.32. The summed E-state index contributed by atoms with van der Waals surface area (Å²) in [6.45, 7) is -0.811. The molecular formula is C21H25F3N4O4. The van der Waals surface area contributed by atoms with E-state index in [1.165, 1.54) is 11.8 Å². The highest BCUT2D eigenvalue weighted by Crippen LogP contribution is 2.33. The van der Waals surface area contributed by atoms with Crippen LogP contribution in [0, 0.1) is 5.92 Å². The second-order valence-corrected chi connectivity index (χ2v) is 7.50. The standard InChI is InChI=1S/C21H25F3N4O4/c1-27-17(11-16(26-27)15-10-14(31-2)4-5-18(15)32-3)20(30)28-8-6-13(7-9-28)19(29)25-12-21(22,23)24/h4-5,10-11,13H,6-9,12H2,1-3H3,(H,25,29). The number of rotatable bonds is 6. The van der Waals surface area contributed by atoms with E-state index in [9.17, 15) is 22.8 Å². The van der Waals surface area contributed by atoms with Crippen LogP contribution in [0.4, 0.5) is 13.2 Å². The molecule has 0 bridgehead atoms. The van der Waals surface area contributed by atoms with Gasteiger partial charge in [0, 0.05) is 31.6 Å². The van der Waals surface area contributed by atoms with Crippen LogP contribution < -0.4 is 14.8 Å². The number of piperidine rings is 1. The van der Waals surface area contributed by atoms with Crippen LogP contribution in [-0.4, -0.2) is 66.5 Å². The van der Waals surface area contributed by atoms with Crippen molar-refractivity contribution in [1.29, 1.82) is 0 Å². The maximum atomic E-state index is 13.0. The highest BCUT2D eigenvalue weighted by molar-refractivity contribution is 5.94. The number of amides is 2. The third-order valence-electron chi connectivity index (χ3n) is 5.40. The predicted molar refractivity (Wildman–Crippen MR) is 109 cm³/mol. The molecule has 32 heavy (non-hydrogen) atoms. The minimum absolute atomic E-state index is 0.262. The number of methoxy groups -OCH3 is 2. The maximum Gasteiger partial charge on any atom is 0.405 e. The first kappa shape index (κ1) is 23.4. The molecular weight excluding hydrogens is 429 g/mol. The number of hydrogen-bond acceptors (Lipinski definition) is 5. The van der Waals surface area contributed by atoms with E-state index in [2.05, 4.69) is 5.10 Å². The summed E-state index contributed by atoms with van der Waals surface area (Å²) in [4.78, 5) is 26.6. The number of carbonyl (C=O) groups excluding carboxylic acids is 2. The lowest BCUT2D eigenvalue weighted by molar-refractivity contribution is -0.141. The van der Waals surface area contributed by atoms with Gasteiger partial charge in [-0.05, 0) is 37.1 Å². The van der Waals surface area contributed by atoms with Crippen molar-refractivity contribution in [2.45, 2.75) is 19.0 Å². The lowest BCUT2D eigenvalue weighted by atomic mass is 9.95. The molecule has 1 N–H and O–H groups in total. The van der Waals surface area contributed by atoms with Gasteiger partial charge in [-0.3, -0.25) is 14.3 Å². The Hall–Kier alpha value is -3.24. The zero-order chi connectivity index (χ0) is 23.5. The summed E-state index contributed by atoms with van der Waals surface area (Å²) in [5.41, 5.74) is 1.56. The zero-order valence-electron chi connectivity index (χ0n) is 18.0. The first-order chi connectivity index (χ1) is 15.1. The summed E-state index contributed by atoms with van der Waals surface area (Å²) < 4.78 is 49.0. The van der Waals surface area contributed by atoms with Crippen LogP contribution in [0.1, 0.15) is 23.3 Å². The summed E-state index contributed by atoms with van der Waals surface area (Å²) in [5, 5.41) is 6.35. The van der Waals surface area contributed by atoms with Crippen molar-refractivity contribution in [3.63, 3.8) is 0 Å². The fourth-order valence-corrected chi connectivity index (χ4v) is 3.65. The van der Waals surface area contributed by atoms with Crippen molar-refractivity contribution < 1.29 is 32.2 Å². The van der Waals surface area contributed by atoms with E-state index in [1.807, 2.05) is 5.32 Å². The van der Waals surface area contributed by atoms with E-state index in [0.717, 1.165) is 0 Å². The van der Waals surface area contributed by atoms with Crippen LogP contribution in [0.2, 0.25) is 0 Å². The van der Waals surface area contributed by atoms with Gasteiger partial charge in [-0.2, -0.15) is 18.3 Å².